The number of hydrogen-bond donors (Lipinski definition) is 3. The number of carboxylic acid groups (broad SMARTS) is 1. The number of nitrogens with one attached hydrogen (secondary N) is 1. The fourth-order valence-corrected chi connectivity index (χ4v) is 1.51. The molecule has 0 aliphatic rings. The molecule has 1 amide bonds. The number of nitrogens with zero attached hydrogens (tertiary/aromatic N) is 1. The van der Waals surface area contributed by atoms with Crippen molar-refractivity contribution in [1.29, 1.82) is 0 Å². The Kier molecular flexibility index (Phi) is 5.60. The molecule has 108 valence electrons. The third-order valence-electron chi connectivity index (χ3n) is 2.59. The minimum absolute atomic E-state index is 0.0378. The quantitative estimate of drug-likeness (QED) is 0.489. The SMILES string of the molecule is NC(CCC(=O)O)C(=O)NCc1cccc([N+](=O)[O-])c1. The lowest BCUT2D eigenvalue weighted by molar-refractivity contribution is -0.384. The van der Waals surface area contributed by atoms with Gasteiger partial charge in [-0.25, -0.2) is 0 Å². The van der Waals surface area contributed by atoms with Gasteiger partial charge >= 0.3 is 5.97 Å². The molecule has 0 spiro atoms. The van der Waals surface area contributed by atoms with Crippen LogP contribution in [0, 0.1) is 10.1 Å². The summed E-state index contributed by atoms with van der Waals surface area (Å²) >= 11 is 0. The first-order chi connectivity index (χ1) is 9.40. The summed E-state index contributed by atoms with van der Waals surface area (Å²) in [6.45, 7) is 0.0985. The lowest BCUT2D eigenvalue weighted by Gasteiger charge is -2.11. The molecule has 0 fully saturated rings. The number of nitrogens with two attached hydrogens (primary N) is 1. The molecular formula is C12H15N3O5. The van der Waals surface area contributed by atoms with E-state index < -0.39 is 22.8 Å². The molecule has 8 heteroatoms. The second kappa shape index (κ2) is 7.19. The highest BCUT2D eigenvalue weighted by molar-refractivity contribution is 5.82. The van der Waals surface area contributed by atoms with Gasteiger partial charge in [0.1, 0.15) is 0 Å². The summed E-state index contributed by atoms with van der Waals surface area (Å²) in [5.41, 5.74) is 6.03. The topological polar surface area (TPSA) is 136 Å². The van der Waals surface area contributed by atoms with Crippen LogP contribution in [0.15, 0.2) is 24.3 Å². The van der Waals surface area contributed by atoms with Gasteiger partial charge in [0.25, 0.3) is 5.69 Å². The summed E-state index contributed by atoms with van der Waals surface area (Å²) in [5.74, 6) is -1.51. The third kappa shape index (κ3) is 5.02. The molecule has 0 bridgehead atoms. The molecule has 8 nitrogen and oxygen atoms in total. The molecule has 0 aliphatic heterocycles. The zero-order valence-corrected chi connectivity index (χ0v) is 10.6. The molecule has 0 aromatic heterocycles. The molecule has 1 aromatic rings. The number of carbonyl (C=O) groups excluding carboxylic acids is 1. The highest BCUT2D eigenvalue weighted by Crippen LogP contribution is 2.12. The molecule has 0 saturated carbocycles. The van der Waals surface area contributed by atoms with Crippen molar-refractivity contribution in [2.45, 2.75) is 25.4 Å². The lowest BCUT2D eigenvalue weighted by atomic mass is 10.1. The van der Waals surface area contributed by atoms with E-state index in [0.29, 0.717) is 5.56 Å². The minimum atomic E-state index is -1.02. The van der Waals surface area contributed by atoms with E-state index in [2.05, 4.69) is 5.32 Å². The van der Waals surface area contributed by atoms with Crippen LogP contribution in [0.1, 0.15) is 18.4 Å². The molecule has 1 atom stereocenters. The van der Waals surface area contributed by atoms with Crippen LogP contribution in [0.3, 0.4) is 0 Å². The van der Waals surface area contributed by atoms with Gasteiger partial charge in [-0.05, 0) is 12.0 Å². The third-order valence-corrected chi connectivity index (χ3v) is 2.59. The largest absolute Gasteiger partial charge is 0.481 e. The standard InChI is InChI=1S/C12H15N3O5/c13-10(4-5-11(16)17)12(18)14-7-8-2-1-3-9(6-8)15(19)20/h1-3,6,10H,4-5,7,13H2,(H,14,18)(H,16,17). The maximum Gasteiger partial charge on any atom is 0.303 e. The van der Waals surface area contributed by atoms with Crippen molar-refractivity contribution in [3.05, 3.63) is 39.9 Å². The average molecular weight is 281 g/mol. The van der Waals surface area contributed by atoms with Crippen LogP contribution in [0.2, 0.25) is 0 Å². The number of carbonyl (C=O) groups is 2. The molecule has 0 heterocycles. The predicted octanol–water partition coefficient (Wildman–Crippen LogP) is 0.403. The summed E-state index contributed by atoms with van der Waals surface area (Å²) in [6.07, 6.45) is -0.151. The van der Waals surface area contributed by atoms with Gasteiger partial charge in [0.2, 0.25) is 5.91 Å². The number of amides is 1. The molecule has 20 heavy (non-hydrogen) atoms. The smallest absolute Gasteiger partial charge is 0.303 e. The van der Waals surface area contributed by atoms with Crippen LogP contribution in [-0.2, 0) is 16.1 Å². The van der Waals surface area contributed by atoms with Crippen LogP contribution in [0.5, 0.6) is 0 Å². The van der Waals surface area contributed by atoms with E-state index in [1.165, 1.54) is 18.2 Å². The number of aliphatic carboxylic acids is 1. The molecular weight excluding hydrogens is 266 g/mol. The molecule has 0 aliphatic carbocycles. The van der Waals surface area contributed by atoms with Crippen LogP contribution in [0.25, 0.3) is 0 Å². The monoisotopic (exact) mass is 281 g/mol. The van der Waals surface area contributed by atoms with E-state index >= 15 is 0 Å². The van der Waals surface area contributed by atoms with Crippen molar-refractivity contribution < 1.29 is 19.6 Å². The minimum Gasteiger partial charge on any atom is -0.481 e. The van der Waals surface area contributed by atoms with E-state index in [9.17, 15) is 19.7 Å². The summed E-state index contributed by atoms with van der Waals surface area (Å²) < 4.78 is 0. The number of non-ortho nitro benzene ring substituents is 1. The number of nitro benzene ring substituents is 1. The molecule has 1 unspecified atom stereocenters. The van der Waals surface area contributed by atoms with Gasteiger partial charge in [0, 0.05) is 25.1 Å². The van der Waals surface area contributed by atoms with Crippen LogP contribution in [-0.4, -0.2) is 27.9 Å². The van der Waals surface area contributed by atoms with Crippen LogP contribution < -0.4 is 11.1 Å². The van der Waals surface area contributed by atoms with Gasteiger partial charge in [-0.15, -0.1) is 0 Å². The Morgan fingerprint density at radius 3 is 2.75 bits per heavy atom. The summed E-state index contributed by atoms with van der Waals surface area (Å²) in [7, 11) is 0. The van der Waals surface area contributed by atoms with Crippen molar-refractivity contribution >= 4 is 17.6 Å². The number of nitro groups is 1. The van der Waals surface area contributed by atoms with E-state index in [-0.39, 0.29) is 25.1 Å². The maximum absolute atomic E-state index is 11.6. The summed E-state index contributed by atoms with van der Waals surface area (Å²) in [6, 6.07) is 4.94. The molecule has 1 aromatic carbocycles. The van der Waals surface area contributed by atoms with Gasteiger partial charge < -0.3 is 16.2 Å². The first-order valence-corrected chi connectivity index (χ1v) is 5.88. The maximum atomic E-state index is 11.6. The summed E-state index contributed by atoms with van der Waals surface area (Å²) in [5, 5.41) is 21.6. The zero-order chi connectivity index (χ0) is 15.1. The Labute approximate surface area is 114 Å². The number of hydrogen-bond acceptors (Lipinski definition) is 5. The highest BCUT2D eigenvalue weighted by Gasteiger charge is 2.14. The van der Waals surface area contributed by atoms with Crippen molar-refractivity contribution in [2.75, 3.05) is 0 Å². The van der Waals surface area contributed by atoms with Crippen molar-refractivity contribution in [2.24, 2.45) is 5.73 Å². The zero-order valence-electron chi connectivity index (χ0n) is 10.6. The lowest BCUT2D eigenvalue weighted by Crippen LogP contribution is -2.40. The Bertz CT molecular complexity index is 518. The van der Waals surface area contributed by atoms with E-state index in [1.54, 1.807) is 6.07 Å². The van der Waals surface area contributed by atoms with Gasteiger partial charge in [0.15, 0.2) is 0 Å². The average Bonchev–Trinajstić information content (AvgIpc) is 2.42. The fraction of sp³-hybridized carbons (Fsp3) is 0.333. The Morgan fingerprint density at radius 1 is 1.45 bits per heavy atom. The molecule has 0 radical (unpaired) electrons. The fourth-order valence-electron chi connectivity index (χ4n) is 1.51. The number of carboxylic acids is 1. The van der Waals surface area contributed by atoms with E-state index in [4.69, 9.17) is 10.8 Å². The molecule has 4 N–H and O–H groups in total. The Hall–Kier alpha value is -2.48. The normalized spacial score (nSPS) is 11.7. The van der Waals surface area contributed by atoms with Gasteiger partial charge in [-0.2, -0.15) is 0 Å². The first kappa shape index (κ1) is 15.6. The second-order valence-electron chi connectivity index (χ2n) is 4.18. The number of benzene rings is 1. The van der Waals surface area contributed by atoms with E-state index in [1.807, 2.05) is 0 Å². The highest BCUT2D eigenvalue weighted by atomic mass is 16.6. The van der Waals surface area contributed by atoms with Gasteiger partial charge in [-0.1, -0.05) is 12.1 Å². The Morgan fingerprint density at radius 2 is 2.15 bits per heavy atom. The van der Waals surface area contributed by atoms with Crippen LogP contribution in [0.4, 0.5) is 5.69 Å². The summed E-state index contributed by atoms with van der Waals surface area (Å²) in [4.78, 5) is 32.0. The van der Waals surface area contributed by atoms with Gasteiger partial charge in [-0.3, -0.25) is 19.7 Å². The Balaban J connectivity index is 2.50. The first-order valence-electron chi connectivity index (χ1n) is 5.88. The van der Waals surface area contributed by atoms with Crippen LogP contribution >= 0.6 is 0 Å². The molecule has 1 rings (SSSR count). The van der Waals surface area contributed by atoms with E-state index in [0.717, 1.165) is 0 Å². The number of rotatable bonds is 7. The van der Waals surface area contributed by atoms with Gasteiger partial charge in [0.05, 0.1) is 11.0 Å². The van der Waals surface area contributed by atoms with Crippen molar-refractivity contribution in [3.63, 3.8) is 0 Å². The van der Waals surface area contributed by atoms with Crippen molar-refractivity contribution in [1.82, 2.24) is 5.32 Å². The van der Waals surface area contributed by atoms with Crippen molar-refractivity contribution in [3.8, 4) is 0 Å². The predicted molar refractivity (Wildman–Crippen MR) is 69.8 cm³/mol. The second-order valence-corrected chi connectivity index (χ2v) is 4.18. The molecule has 0 saturated heterocycles.